The summed E-state index contributed by atoms with van der Waals surface area (Å²) in [7, 11) is 10.9. The number of rotatable bonds is 10. The second-order valence-corrected chi connectivity index (χ2v) is 13.2. The van der Waals surface area contributed by atoms with Crippen molar-refractivity contribution in [3.8, 4) is 0 Å². The van der Waals surface area contributed by atoms with Crippen molar-refractivity contribution in [2.45, 2.75) is 123 Å². The van der Waals surface area contributed by atoms with Gasteiger partial charge in [-0.25, -0.2) is 0 Å². The molecule has 0 radical (unpaired) electrons. The predicted molar refractivity (Wildman–Crippen MR) is 151 cm³/mol. The summed E-state index contributed by atoms with van der Waals surface area (Å²) in [5.41, 5.74) is 0.353. The predicted octanol–water partition coefficient (Wildman–Crippen LogP) is 5.24. The Bertz CT molecular complexity index is 806. The van der Waals surface area contributed by atoms with Crippen molar-refractivity contribution >= 4 is 11.9 Å². The number of nitrogens with zero attached hydrogens (tertiary/aromatic N) is 7. The molecule has 1 saturated heterocycles. The molecular formula is C28H55N7. The maximum absolute atomic E-state index is 5.05. The van der Waals surface area contributed by atoms with Gasteiger partial charge in [-0.3, -0.25) is 4.90 Å². The first-order valence-electron chi connectivity index (χ1n) is 13.5. The van der Waals surface area contributed by atoms with Gasteiger partial charge in [-0.1, -0.05) is 20.8 Å². The second kappa shape index (κ2) is 10.9. The highest BCUT2D eigenvalue weighted by Gasteiger charge is 2.46. The van der Waals surface area contributed by atoms with Crippen LogP contribution in [0.2, 0.25) is 0 Å². The quantitative estimate of drug-likeness (QED) is 0.445. The van der Waals surface area contributed by atoms with Crippen molar-refractivity contribution in [3.05, 3.63) is 5.82 Å². The third-order valence-electron chi connectivity index (χ3n) is 9.03. The molecule has 1 aromatic heterocycles. The summed E-state index contributed by atoms with van der Waals surface area (Å²) >= 11 is 0. The number of hydrogen-bond donors (Lipinski definition) is 0. The zero-order valence-electron chi connectivity index (χ0n) is 25.4. The van der Waals surface area contributed by atoms with E-state index in [0.29, 0.717) is 18.0 Å². The molecule has 0 aromatic carbocycles. The number of anilines is 2. The number of aryl methyl sites for hydroxylation is 1. The monoisotopic (exact) mass is 489 g/mol. The zero-order valence-corrected chi connectivity index (χ0v) is 25.4. The molecule has 7 nitrogen and oxygen atoms in total. The maximum Gasteiger partial charge on any atom is 0.230 e. The lowest BCUT2D eigenvalue weighted by molar-refractivity contribution is -0.0252. The molecule has 1 aliphatic rings. The number of hydrogen-bond acceptors (Lipinski definition) is 7. The Morgan fingerprint density at radius 2 is 1.57 bits per heavy atom. The van der Waals surface area contributed by atoms with Crippen LogP contribution < -0.4 is 9.80 Å². The smallest absolute Gasteiger partial charge is 0.230 e. The Morgan fingerprint density at radius 3 is 2.09 bits per heavy atom. The zero-order chi connectivity index (χ0) is 26.9. The average Bonchev–Trinajstić information content (AvgIpc) is 2.74. The molecule has 3 unspecified atom stereocenters. The molecule has 0 spiro atoms. The van der Waals surface area contributed by atoms with Crippen LogP contribution in [0.4, 0.5) is 11.9 Å². The third-order valence-corrected chi connectivity index (χ3v) is 9.03. The Kier molecular flexibility index (Phi) is 9.25. The highest BCUT2D eigenvalue weighted by Crippen LogP contribution is 2.41. The normalized spacial score (nSPS) is 24.2. The van der Waals surface area contributed by atoms with Crippen LogP contribution in [-0.2, 0) is 0 Å². The molecule has 0 N–H and O–H groups in total. The third kappa shape index (κ3) is 6.85. The molecule has 1 aliphatic heterocycles. The van der Waals surface area contributed by atoms with Crippen molar-refractivity contribution in [2.75, 3.05) is 45.0 Å². The van der Waals surface area contributed by atoms with Crippen molar-refractivity contribution < 1.29 is 0 Å². The summed E-state index contributed by atoms with van der Waals surface area (Å²) in [5, 5.41) is 0. The summed E-state index contributed by atoms with van der Waals surface area (Å²) < 4.78 is 0. The van der Waals surface area contributed by atoms with Crippen LogP contribution >= 0.6 is 0 Å². The van der Waals surface area contributed by atoms with Crippen molar-refractivity contribution in [1.29, 1.82) is 0 Å². The van der Waals surface area contributed by atoms with E-state index in [9.17, 15) is 0 Å². The van der Waals surface area contributed by atoms with Gasteiger partial charge in [0.05, 0.1) is 0 Å². The highest BCUT2D eigenvalue weighted by atomic mass is 15.4. The van der Waals surface area contributed by atoms with Gasteiger partial charge >= 0.3 is 0 Å². The van der Waals surface area contributed by atoms with Crippen LogP contribution in [0, 0.1) is 12.8 Å². The number of aromatic nitrogens is 3. The van der Waals surface area contributed by atoms with E-state index in [-0.39, 0.29) is 16.6 Å². The van der Waals surface area contributed by atoms with E-state index < -0.39 is 0 Å². The second-order valence-electron chi connectivity index (χ2n) is 13.2. The first kappa shape index (κ1) is 29.8. The number of likely N-dealkylation sites (tertiary alicyclic amines) is 1. The van der Waals surface area contributed by atoms with E-state index in [0.717, 1.165) is 49.8 Å². The molecule has 0 amide bonds. The molecule has 0 bridgehead atoms. The standard InChI is InChI=1S/C28H55N7/c1-15-28(9)19-23(18-27(7,8)35(28)14)34(13)25-30-21(4)29-24(31-25)33(12)22(16-20(2)3)17-26(5,6)32(10)11/h20,22-23H,15-19H2,1-14H3. The molecule has 3 atom stereocenters. The minimum Gasteiger partial charge on any atom is -0.341 e. The van der Waals surface area contributed by atoms with E-state index in [1.807, 2.05) is 6.92 Å². The fraction of sp³-hybridized carbons (Fsp3) is 0.893. The van der Waals surface area contributed by atoms with Crippen molar-refractivity contribution in [2.24, 2.45) is 5.92 Å². The van der Waals surface area contributed by atoms with Crippen LogP contribution in [-0.4, -0.2) is 88.7 Å². The molecule has 202 valence electrons. The molecule has 1 fully saturated rings. The first-order valence-corrected chi connectivity index (χ1v) is 13.5. The molecule has 0 saturated carbocycles. The Morgan fingerprint density at radius 1 is 1.00 bits per heavy atom. The Labute approximate surface area is 216 Å². The molecule has 7 heteroatoms. The van der Waals surface area contributed by atoms with Gasteiger partial charge in [0.15, 0.2) is 0 Å². The lowest BCUT2D eigenvalue weighted by Gasteiger charge is -2.56. The van der Waals surface area contributed by atoms with E-state index in [4.69, 9.17) is 15.0 Å². The lowest BCUT2D eigenvalue weighted by atomic mass is 9.75. The van der Waals surface area contributed by atoms with Crippen LogP contribution in [0.15, 0.2) is 0 Å². The lowest BCUT2D eigenvalue weighted by Crippen LogP contribution is -2.63. The number of piperidine rings is 1. The summed E-state index contributed by atoms with van der Waals surface area (Å²) in [6.07, 6.45) is 5.45. The van der Waals surface area contributed by atoms with Crippen LogP contribution in [0.3, 0.4) is 0 Å². The molecule has 35 heavy (non-hydrogen) atoms. The summed E-state index contributed by atoms with van der Waals surface area (Å²) in [6.45, 7) is 20.7. The van der Waals surface area contributed by atoms with E-state index in [1.54, 1.807) is 0 Å². The highest BCUT2D eigenvalue weighted by molar-refractivity contribution is 5.40. The topological polar surface area (TPSA) is 51.6 Å². The van der Waals surface area contributed by atoms with Gasteiger partial charge in [-0.15, -0.1) is 0 Å². The SMILES string of the molecule is CCC1(C)CC(N(C)c2nc(C)nc(N(C)C(CC(C)C)CC(C)(C)N(C)C)n2)CC(C)(C)N1C. The van der Waals surface area contributed by atoms with E-state index in [2.05, 4.69) is 110 Å². The Balaban J connectivity index is 2.38. The van der Waals surface area contributed by atoms with Crippen molar-refractivity contribution in [3.63, 3.8) is 0 Å². The summed E-state index contributed by atoms with van der Waals surface area (Å²) in [5.74, 6) is 2.95. The summed E-state index contributed by atoms with van der Waals surface area (Å²) in [4.78, 5) is 24.2. The average molecular weight is 490 g/mol. The van der Waals surface area contributed by atoms with Gasteiger partial charge in [-0.05, 0) is 101 Å². The van der Waals surface area contributed by atoms with Crippen LogP contribution in [0.1, 0.15) is 93.3 Å². The molecule has 1 aromatic rings. The minimum absolute atomic E-state index is 0.0832. The van der Waals surface area contributed by atoms with Crippen molar-refractivity contribution in [1.82, 2.24) is 24.8 Å². The Hall–Kier alpha value is -1.47. The van der Waals surface area contributed by atoms with Crippen LogP contribution in [0.25, 0.3) is 0 Å². The van der Waals surface area contributed by atoms with Gasteiger partial charge in [0.2, 0.25) is 11.9 Å². The fourth-order valence-electron chi connectivity index (χ4n) is 5.59. The van der Waals surface area contributed by atoms with E-state index in [1.165, 1.54) is 0 Å². The molecule has 0 aliphatic carbocycles. The minimum atomic E-state index is 0.0832. The van der Waals surface area contributed by atoms with Gasteiger partial charge in [0.1, 0.15) is 5.82 Å². The van der Waals surface area contributed by atoms with Crippen LogP contribution in [0.5, 0.6) is 0 Å². The molecular weight excluding hydrogens is 434 g/mol. The summed E-state index contributed by atoms with van der Waals surface area (Å²) in [6, 6.07) is 0.725. The van der Waals surface area contributed by atoms with Gasteiger partial charge in [0, 0.05) is 42.8 Å². The first-order chi connectivity index (χ1) is 15.9. The van der Waals surface area contributed by atoms with Gasteiger partial charge in [0.25, 0.3) is 0 Å². The maximum atomic E-state index is 5.05. The van der Waals surface area contributed by atoms with Gasteiger partial charge in [-0.2, -0.15) is 15.0 Å². The largest absolute Gasteiger partial charge is 0.341 e. The van der Waals surface area contributed by atoms with E-state index >= 15 is 0 Å². The molecule has 2 rings (SSSR count). The van der Waals surface area contributed by atoms with Gasteiger partial charge < -0.3 is 14.7 Å². The fourth-order valence-corrected chi connectivity index (χ4v) is 5.59. The molecule has 2 heterocycles.